The minimum atomic E-state index is -1.04. The number of nitrogens with zero attached hydrogens (tertiary/aromatic N) is 2. The summed E-state index contributed by atoms with van der Waals surface area (Å²) >= 11 is 0. The fourth-order valence-corrected chi connectivity index (χ4v) is 4.92. The van der Waals surface area contributed by atoms with Crippen LogP contribution >= 0.6 is 0 Å². The van der Waals surface area contributed by atoms with Crippen LogP contribution in [0.2, 0.25) is 0 Å². The number of nitrogens with one attached hydrogen (secondary N) is 1. The molecule has 2 aromatic rings. The lowest BCUT2D eigenvalue weighted by Gasteiger charge is -2.35. The second kappa shape index (κ2) is 14.1. The van der Waals surface area contributed by atoms with Gasteiger partial charge >= 0.3 is 12.2 Å². The smallest absolute Gasteiger partial charge is 0.444 e. The Balaban J connectivity index is 1.71. The zero-order valence-corrected chi connectivity index (χ0v) is 24.8. The Morgan fingerprint density at radius 3 is 2.26 bits per heavy atom. The van der Waals surface area contributed by atoms with Gasteiger partial charge in [0.2, 0.25) is 5.91 Å². The topological polar surface area (TPSA) is 147 Å². The Labute approximate surface area is 245 Å². The van der Waals surface area contributed by atoms with E-state index in [-0.39, 0.29) is 23.4 Å². The van der Waals surface area contributed by atoms with Crippen molar-refractivity contribution in [2.75, 3.05) is 13.7 Å². The van der Waals surface area contributed by atoms with E-state index in [9.17, 15) is 24.5 Å². The Bertz CT molecular complexity index is 1230. The van der Waals surface area contributed by atoms with Crippen LogP contribution in [-0.4, -0.2) is 65.4 Å². The predicted octanol–water partition coefficient (Wildman–Crippen LogP) is 5.41. The molecule has 2 amide bonds. The van der Waals surface area contributed by atoms with Crippen molar-refractivity contribution < 1.29 is 38.3 Å². The van der Waals surface area contributed by atoms with Gasteiger partial charge in [0.05, 0.1) is 29.0 Å². The molecule has 0 aliphatic carbocycles. The average molecular weight is 586 g/mol. The van der Waals surface area contributed by atoms with Crippen molar-refractivity contribution in [3.63, 3.8) is 0 Å². The molecule has 12 nitrogen and oxygen atoms in total. The Morgan fingerprint density at radius 2 is 1.69 bits per heavy atom. The quantitative estimate of drug-likeness (QED) is 0.167. The Kier molecular flexibility index (Phi) is 10.9. The first-order chi connectivity index (χ1) is 19.8. The number of nitro benzene ring substituents is 1. The lowest BCUT2D eigenvalue weighted by atomic mass is 9.94. The molecule has 1 aliphatic rings. The molecule has 1 saturated heterocycles. The monoisotopic (exact) mass is 585 g/mol. The first-order valence-corrected chi connectivity index (χ1v) is 13.8. The van der Waals surface area contributed by atoms with Gasteiger partial charge in [0, 0.05) is 25.8 Å². The summed E-state index contributed by atoms with van der Waals surface area (Å²) in [5, 5.41) is 13.8. The zero-order valence-electron chi connectivity index (χ0n) is 24.8. The summed E-state index contributed by atoms with van der Waals surface area (Å²) < 4.78 is 22.2. The van der Waals surface area contributed by atoms with Crippen LogP contribution in [0.4, 0.5) is 15.3 Å². The molecular weight excluding hydrogens is 546 g/mol. The predicted molar refractivity (Wildman–Crippen MR) is 153 cm³/mol. The SMILES string of the molecule is CO[C@H]([C@@H](C)C(=O)N[C@H](C)[C@@H](OC(=O)Oc1ccc([N+](=O)[O-])cc1)c1ccccc1)[C@@H]1CCCN1C(=O)OC(C)(C)C. The largest absolute Gasteiger partial charge is 0.514 e. The highest BCUT2D eigenvalue weighted by molar-refractivity contribution is 5.79. The molecule has 1 heterocycles. The minimum Gasteiger partial charge on any atom is -0.444 e. The maximum atomic E-state index is 13.5. The van der Waals surface area contributed by atoms with Gasteiger partial charge in [0.1, 0.15) is 11.4 Å². The summed E-state index contributed by atoms with van der Waals surface area (Å²) in [5.74, 6) is -0.940. The van der Waals surface area contributed by atoms with Gasteiger partial charge in [0.15, 0.2) is 6.10 Å². The number of rotatable bonds is 10. The van der Waals surface area contributed by atoms with E-state index < -0.39 is 46.9 Å². The van der Waals surface area contributed by atoms with E-state index in [1.807, 2.05) is 6.07 Å². The molecule has 3 rings (SSSR count). The highest BCUT2D eigenvalue weighted by Gasteiger charge is 2.42. The van der Waals surface area contributed by atoms with Crippen LogP contribution in [-0.2, 0) is 19.0 Å². The number of likely N-dealkylation sites (tertiary alicyclic amines) is 1. The summed E-state index contributed by atoms with van der Waals surface area (Å²) in [6.45, 7) is 9.33. The lowest BCUT2D eigenvalue weighted by Crippen LogP contribution is -2.52. The average Bonchev–Trinajstić information content (AvgIpc) is 3.41. The van der Waals surface area contributed by atoms with Gasteiger partial charge in [-0.05, 0) is 58.2 Å². The molecule has 0 bridgehead atoms. The van der Waals surface area contributed by atoms with Crippen molar-refractivity contribution in [3.05, 3.63) is 70.3 Å². The van der Waals surface area contributed by atoms with Crippen LogP contribution in [0.25, 0.3) is 0 Å². The summed E-state index contributed by atoms with van der Waals surface area (Å²) in [6, 6.07) is 12.8. The van der Waals surface area contributed by atoms with Gasteiger partial charge in [-0.2, -0.15) is 0 Å². The van der Waals surface area contributed by atoms with Crippen LogP contribution in [0.1, 0.15) is 59.1 Å². The highest BCUT2D eigenvalue weighted by atomic mass is 16.7. The van der Waals surface area contributed by atoms with E-state index in [0.29, 0.717) is 18.5 Å². The molecule has 0 unspecified atom stereocenters. The number of ether oxygens (including phenoxy) is 4. The molecule has 0 spiro atoms. The number of benzene rings is 2. The molecule has 1 aliphatic heterocycles. The maximum absolute atomic E-state index is 13.5. The molecule has 1 N–H and O–H groups in total. The van der Waals surface area contributed by atoms with E-state index in [2.05, 4.69) is 5.32 Å². The molecule has 42 heavy (non-hydrogen) atoms. The van der Waals surface area contributed by atoms with E-state index in [4.69, 9.17) is 18.9 Å². The van der Waals surface area contributed by atoms with Crippen LogP contribution < -0.4 is 10.1 Å². The molecule has 2 aromatic carbocycles. The van der Waals surface area contributed by atoms with Crippen molar-refractivity contribution in [2.45, 2.75) is 77.4 Å². The van der Waals surface area contributed by atoms with Gasteiger partial charge in [-0.15, -0.1) is 0 Å². The molecule has 0 saturated carbocycles. The van der Waals surface area contributed by atoms with Gasteiger partial charge in [-0.3, -0.25) is 14.9 Å². The second-order valence-corrected chi connectivity index (χ2v) is 11.2. The van der Waals surface area contributed by atoms with Gasteiger partial charge in [0.25, 0.3) is 5.69 Å². The summed E-state index contributed by atoms with van der Waals surface area (Å²) in [6.07, 6.45) is -1.59. The van der Waals surface area contributed by atoms with Crippen LogP contribution in [0.3, 0.4) is 0 Å². The van der Waals surface area contributed by atoms with Crippen molar-refractivity contribution in [2.24, 2.45) is 5.92 Å². The molecule has 0 radical (unpaired) electrons. The number of methoxy groups -OCH3 is 1. The lowest BCUT2D eigenvalue weighted by molar-refractivity contribution is -0.384. The third-order valence-corrected chi connectivity index (χ3v) is 6.91. The first kappa shape index (κ1) is 32.3. The van der Waals surface area contributed by atoms with Crippen molar-refractivity contribution in [1.29, 1.82) is 0 Å². The number of nitro groups is 1. The third kappa shape index (κ3) is 8.65. The van der Waals surface area contributed by atoms with Crippen molar-refractivity contribution in [1.82, 2.24) is 10.2 Å². The standard InChI is InChI=1S/C30H39N3O9/c1-19(25(39-6)24-13-10-18-32(24)28(35)42-30(3,4)5)27(34)31-20(2)26(21-11-8-7-9-12-21)41-29(36)40-23-16-14-22(15-17-23)33(37)38/h7-9,11-12,14-17,19-20,24-26H,10,13,18H2,1-6H3,(H,31,34)/t19-,20-,24+,25-,26-/m1/s1. The fourth-order valence-electron chi connectivity index (χ4n) is 4.92. The second-order valence-electron chi connectivity index (χ2n) is 11.2. The third-order valence-electron chi connectivity index (χ3n) is 6.91. The van der Waals surface area contributed by atoms with Crippen LogP contribution in [0.15, 0.2) is 54.6 Å². The molecule has 228 valence electrons. The number of non-ortho nitro benzene ring substituents is 1. The number of hydrogen-bond acceptors (Lipinski definition) is 9. The zero-order chi connectivity index (χ0) is 31.0. The molecule has 12 heteroatoms. The molecule has 5 atom stereocenters. The van der Waals surface area contributed by atoms with Crippen LogP contribution in [0.5, 0.6) is 5.75 Å². The number of hydrogen-bond donors (Lipinski definition) is 1. The van der Waals surface area contributed by atoms with E-state index in [0.717, 1.165) is 6.42 Å². The van der Waals surface area contributed by atoms with Gasteiger partial charge in [-0.1, -0.05) is 37.3 Å². The molecular formula is C30H39N3O9. The highest BCUT2D eigenvalue weighted by Crippen LogP contribution is 2.29. The Morgan fingerprint density at radius 1 is 1.05 bits per heavy atom. The van der Waals surface area contributed by atoms with Crippen molar-refractivity contribution >= 4 is 23.8 Å². The maximum Gasteiger partial charge on any atom is 0.514 e. The van der Waals surface area contributed by atoms with Crippen molar-refractivity contribution in [3.8, 4) is 5.75 Å². The molecule has 1 fully saturated rings. The summed E-state index contributed by atoms with van der Waals surface area (Å²) in [5.41, 5.74) is -0.185. The van der Waals surface area contributed by atoms with E-state index >= 15 is 0 Å². The fraction of sp³-hybridized carbons (Fsp3) is 0.500. The normalized spacial score (nSPS) is 17.9. The van der Waals surface area contributed by atoms with Gasteiger partial charge < -0.3 is 29.2 Å². The minimum absolute atomic E-state index is 0.0664. The van der Waals surface area contributed by atoms with E-state index in [1.165, 1.54) is 31.4 Å². The first-order valence-electron chi connectivity index (χ1n) is 13.8. The molecule has 0 aromatic heterocycles. The van der Waals surface area contributed by atoms with Gasteiger partial charge in [-0.25, -0.2) is 9.59 Å². The number of carbonyl (C=O) groups excluding carboxylic acids is 3. The number of carbonyl (C=O) groups is 3. The number of amides is 2. The summed E-state index contributed by atoms with van der Waals surface area (Å²) in [4.78, 5) is 51.0. The Hall–Kier alpha value is -4.19. The summed E-state index contributed by atoms with van der Waals surface area (Å²) in [7, 11) is 1.51. The van der Waals surface area contributed by atoms with E-state index in [1.54, 1.807) is 63.8 Å². The van der Waals surface area contributed by atoms with Crippen LogP contribution in [0, 0.1) is 16.0 Å².